The zero-order valence-electron chi connectivity index (χ0n) is 10.3. The molecule has 0 aromatic carbocycles. The van der Waals surface area contributed by atoms with Crippen LogP contribution in [0.1, 0.15) is 32.9 Å². The summed E-state index contributed by atoms with van der Waals surface area (Å²) in [7, 11) is 1.86. The highest BCUT2D eigenvalue weighted by molar-refractivity contribution is 6.31. The lowest BCUT2D eigenvalue weighted by molar-refractivity contribution is 0.0987. The van der Waals surface area contributed by atoms with Gasteiger partial charge in [-0.1, -0.05) is 18.5 Å². The van der Waals surface area contributed by atoms with Crippen molar-refractivity contribution in [2.45, 2.75) is 39.3 Å². The lowest BCUT2D eigenvalue weighted by Gasteiger charge is -2.24. The highest BCUT2D eigenvalue weighted by Gasteiger charge is 2.18. The molecule has 0 aliphatic heterocycles. The Kier molecular flexibility index (Phi) is 4.56. The van der Waals surface area contributed by atoms with Crippen LogP contribution < -0.4 is 10.1 Å². The van der Waals surface area contributed by atoms with Crippen molar-refractivity contribution in [1.82, 2.24) is 10.3 Å². The molecule has 1 heterocycles. The fraction of sp³-hybridized carbons (Fsp3) is 0.583. The molecule has 0 atom stereocenters. The summed E-state index contributed by atoms with van der Waals surface area (Å²) in [6, 6.07) is 3.63. The number of hydrogen-bond acceptors (Lipinski definition) is 3. The standard InChI is InChI=1S/C12H19ClN2O/c1-5-12(2,3)16-11-7-6-9(13)10(15-11)8-14-4/h6-7,14H,5,8H2,1-4H3. The molecule has 0 radical (unpaired) electrons. The van der Waals surface area contributed by atoms with Crippen molar-refractivity contribution < 1.29 is 4.74 Å². The van der Waals surface area contributed by atoms with E-state index in [1.165, 1.54) is 0 Å². The number of pyridine rings is 1. The number of rotatable bonds is 5. The molecule has 90 valence electrons. The van der Waals surface area contributed by atoms with Crippen LogP contribution in [-0.4, -0.2) is 17.6 Å². The smallest absolute Gasteiger partial charge is 0.214 e. The van der Waals surface area contributed by atoms with Gasteiger partial charge >= 0.3 is 0 Å². The number of hydrogen-bond donors (Lipinski definition) is 1. The molecule has 0 aliphatic carbocycles. The van der Waals surface area contributed by atoms with E-state index in [-0.39, 0.29) is 5.60 Å². The summed E-state index contributed by atoms with van der Waals surface area (Å²) >= 11 is 6.02. The minimum atomic E-state index is -0.197. The lowest BCUT2D eigenvalue weighted by Crippen LogP contribution is -2.27. The van der Waals surface area contributed by atoms with Gasteiger partial charge in [0.15, 0.2) is 0 Å². The van der Waals surface area contributed by atoms with Gasteiger partial charge in [-0.2, -0.15) is 0 Å². The molecule has 0 fully saturated rings. The Morgan fingerprint density at radius 1 is 1.44 bits per heavy atom. The SMILES string of the molecule is CCC(C)(C)Oc1ccc(Cl)c(CNC)n1. The number of halogens is 1. The highest BCUT2D eigenvalue weighted by atomic mass is 35.5. The largest absolute Gasteiger partial charge is 0.472 e. The van der Waals surface area contributed by atoms with Gasteiger partial charge in [0.25, 0.3) is 0 Å². The van der Waals surface area contributed by atoms with Crippen LogP contribution in [-0.2, 0) is 6.54 Å². The Bertz CT molecular complexity index is 353. The quantitative estimate of drug-likeness (QED) is 0.862. The first-order valence-electron chi connectivity index (χ1n) is 5.47. The molecule has 16 heavy (non-hydrogen) atoms. The first kappa shape index (κ1) is 13.3. The van der Waals surface area contributed by atoms with E-state index in [2.05, 4.69) is 17.2 Å². The maximum atomic E-state index is 6.02. The minimum Gasteiger partial charge on any atom is -0.472 e. The zero-order valence-corrected chi connectivity index (χ0v) is 11.1. The van der Waals surface area contributed by atoms with Gasteiger partial charge in [-0.05, 0) is 33.4 Å². The first-order chi connectivity index (χ1) is 7.48. The summed E-state index contributed by atoms with van der Waals surface area (Å²) in [4.78, 5) is 4.38. The Balaban J connectivity index is 2.86. The van der Waals surface area contributed by atoms with Gasteiger partial charge in [-0.25, -0.2) is 4.98 Å². The van der Waals surface area contributed by atoms with Crippen LogP contribution in [0.15, 0.2) is 12.1 Å². The number of nitrogens with zero attached hydrogens (tertiary/aromatic N) is 1. The summed E-state index contributed by atoms with van der Waals surface area (Å²) in [5.74, 6) is 0.626. The van der Waals surface area contributed by atoms with Crippen molar-refractivity contribution in [2.24, 2.45) is 0 Å². The van der Waals surface area contributed by atoms with Crippen molar-refractivity contribution >= 4 is 11.6 Å². The van der Waals surface area contributed by atoms with Crippen molar-refractivity contribution in [3.05, 3.63) is 22.8 Å². The topological polar surface area (TPSA) is 34.1 Å². The average molecular weight is 243 g/mol. The Labute approximate surface area is 102 Å². The van der Waals surface area contributed by atoms with Gasteiger partial charge in [0, 0.05) is 12.6 Å². The van der Waals surface area contributed by atoms with Crippen LogP contribution in [0, 0.1) is 0 Å². The average Bonchev–Trinajstić information content (AvgIpc) is 2.23. The fourth-order valence-electron chi connectivity index (χ4n) is 1.17. The zero-order chi connectivity index (χ0) is 12.2. The molecule has 0 amide bonds. The normalized spacial score (nSPS) is 11.6. The summed E-state index contributed by atoms with van der Waals surface area (Å²) in [5, 5.41) is 3.69. The summed E-state index contributed by atoms with van der Waals surface area (Å²) in [6.45, 7) is 6.81. The molecule has 0 aliphatic rings. The molecule has 0 saturated carbocycles. The molecular weight excluding hydrogens is 224 g/mol. The molecule has 0 unspecified atom stereocenters. The van der Waals surface area contributed by atoms with Gasteiger partial charge in [0.1, 0.15) is 5.60 Å². The molecule has 1 N–H and O–H groups in total. The van der Waals surface area contributed by atoms with Gasteiger partial charge < -0.3 is 10.1 Å². The first-order valence-corrected chi connectivity index (χ1v) is 5.85. The van der Waals surface area contributed by atoms with Crippen LogP contribution in [0.2, 0.25) is 5.02 Å². The van der Waals surface area contributed by atoms with Gasteiger partial charge in [-0.3, -0.25) is 0 Å². The monoisotopic (exact) mass is 242 g/mol. The molecule has 1 aromatic heterocycles. The Hall–Kier alpha value is -0.800. The summed E-state index contributed by atoms with van der Waals surface area (Å²) in [6.07, 6.45) is 0.929. The molecular formula is C12H19ClN2O. The summed E-state index contributed by atoms with van der Waals surface area (Å²) in [5.41, 5.74) is 0.617. The van der Waals surface area contributed by atoms with E-state index in [1.54, 1.807) is 6.07 Å². The van der Waals surface area contributed by atoms with Crippen molar-refractivity contribution in [3.8, 4) is 5.88 Å². The van der Waals surface area contributed by atoms with E-state index in [0.717, 1.165) is 12.1 Å². The molecule has 1 rings (SSSR count). The second-order valence-electron chi connectivity index (χ2n) is 4.32. The van der Waals surface area contributed by atoms with Crippen molar-refractivity contribution in [1.29, 1.82) is 0 Å². The number of ether oxygens (including phenoxy) is 1. The highest BCUT2D eigenvalue weighted by Crippen LogP contribution is 2.22. The van der Waals surface area contributed by atoms with Crippen LogP contribution in [0.4, 0.5) is 0 Å². The minimum absolute atomic E-state index is 0.197. The number of nitrogens with one attached hydrogen (secondary N) is 1. The van der Waals surface area contributed by atoms with E-state index >= 15 is 0 Å². The lowest BCUT2D eigenvalue weighted by atomic mass is 10.1. The van der Waals surface area contributed by atoms with Gasteiger partial charge in [-0.15, -0.1) is 0 Å². The van der Waals surface area contributed by atoms with E-state index in [0.29, 0.717) is 17.4 Å². The molecule has 0 bridgehead atoms. The van der Waals surface area contributed by atoms with Crippen molar-refractivity contribution in [3.63, 3.8) is 0 Å². The molecule has 0 saturated heterocycles. The van der Waals surface area contributed by atoms with Gasteiger partial charge in [0.05, 0.1) is 10.7 Å². The van der Waals surface area contributed by atoms with Crippen molar-refractivity contribution in [2.75, 3.05) is 7.05 Å². The van der Waals surface area contributed by atoms with Crippen LogP contribution >= 0.6 is 11.6 Å². The summed E-state index contributed by atoms with van der Waals surface area (Å²) < 4.78 is 5.80. The third-order valence-corrected chi connectivity index (χ3v) is 2.81. The Morgan fingerprint density at radius 3 is 2.69 bits per heavy atom. The molecule has 1 aromatic rings. The molecule has 4 heteroatoms. The van der Waals surface area contributed by atoms with Gasteiger partial charge in [0.2, 0.25) is 5.88 Å². The molecule has 0 spiro atoms. The van der Waals surface area contributed by atoms with Crippen LogP contribution in [0.5, 0.6) is 5.88 Å². The predicted octanol–water partition coefficient (Wildman–Crippen LogP) is 3.02. The molecule has 3 nitrogen and oxygen atoms in total. The second kappa shape index (κ2) is 5.51. The fourth-order valence-corrected chi connectivity index (χ4v) is 1.34. The van der Waals surface area contributed by atoms with E-state index in [1.807, 2.05) is 27.0 Å². The Morgan fingerprint density at radius 2 is 2.12 bits per heavy atom. The van der Waals surface area contributed by atoms with Crippen LogP contribution in [0.3, 0.4) is 0 Å². The third kappa shape index (κ3) is 3.65. The van der Waals surface area contributed by atoms with E-state index in [9.17, 15) is 0 Å². The number of aromatic nitrogens is 1. The van der Waals surface area contributed by atoms with Crippen LogP contribution in [0.25, 0.3) is 0 Å². The maximum absolute atomic E-state index is 6.02. The second-order valence-corrected chi connectivity index (χ2v) is 4.73. The predicted molar refractivity (Wildman–Crippen MR) is 67.0 cm³/mol. The van der Waals surface area contributed by atoms with E-state index < -0.39 is 0 Å². The van der Waals surface area contributed by atoms with E-state index in [4.69, 9.17) is 16.3 Å². The third-order valence-electron chi connectivity index (χ3n) is 2.47. The maximum Gasteiger partial charge on any atom is 0.214 e.